The van der Waals surface area contributed by atoms with Crippen molar-refractivity contribution in [1.29, 1.82) is 0 Å². The summed E-state index contributed by atoms with van der Waals surface area (Å²) in [5.41, 5.74) is 1.59. The lowest BCUT2D eigenvalue weighted by atomic mass is 9.79. The molecule has 0 spiro atoms. The van der Waals surface area contributed by atoms with Crippen molar-refractivity contribution in [2.75, 3.05) is 5.32 Å². The summed E-state index contributed by atoms with van der Waals surface area (Å²) in [5, 5.41) is 13.0. The minimum Gasteiger partial charge on any atom is -0.465 e. The second-order valence-corrected chi connectivity index (χ2v) is 9.63. The molecule has 7 nitrogen and oxygen atoms in total. The number of aromatic nitrogens is 2. The molecule has 1 aromatic heterocycles. The Morgan fingerprint density at radius 2 is 2.00 bits per heavy atom. The van der Waals surface area contributed by atoms with E-state index in [9.17, 15) is 14.7 Å². The molecule has 1 aliphatic heterocycles. The van der Waals surface area contributed by atoms with E-state index in [0.29, 0.717) is 27.3 Å². The average molecular weight is 484 g/mol. The molecular weight excluding hydrogens is 460 g/mol. The first-order chi connectivity index (χ1) is 13.4. The second kappa shape index (κ2) is 7.65. The molecule has 0 fully saturated rings. The van der Waals surface area contributed by atoms with Crippen LogP contribution < -0.4 is 5.32 Å². The Kier molecular flexibility index (Phi) is 5.71. The van der Waals surface area contributed by atoms with E-state index in [0.717, 1.165) is 5.69 Å². The van der Waals surface area contributed by atoms with Crippen LogP contribution in [0.25, 0.3) is 0 Å². The third-order valence-corrected chi connectivity index (χ3v) is 6.49. The molecule has 3 rings (SSSR count). The largest absolute Gasteiger partial charge is 0.465 e. The molecular formula is C20H24BrClN4O3. The molecule has 0 radical (unpaired) electrons. The van der Waals surface area contributed by atoms with Gasteiger partial charge in [0.1, 0.15) is 0 Å². The molecule has 1 aromatic carbocycles. The summed E-state index contributed by atoms with van der Waals surface area (Å²) in [6.07, 6.45) is -0.497. The molecule has 2 N–H and O–H groups in total. The summed E-state index contributed by atoms with van der Waals surface area (Å²) in [5.74, 6) is -0.177. The lowest BCUT2D eigenvalue weighted by Gasteiger charge is -2.44. The van der Waals surface area contributed by atoms with Gasteiger partial charge in [0.2, 0.25) is 0 Å². The molecule has 2 atom stereocenters. The van der Waals surface area contributed by atoms with Crippen molar-refractivity contribution in [1.82, 2.24) is 14.5 Å². The maximum absolute atomic E-state index is 13.0. The Labute approximate surface area is 183 Å². The number of imidazole rings is 1. The van der Waals surface area contributed by atoms with Gasteiger partial charge >= 0.3 is 6.09 Å². The van der Waals surface area contributed by atoms with Gasteiger partial charge in [-0.05, 0) is 40.4 Å². The van der Waals surface area contributed by atoms with E-state index in [1.165, 1.54) is 4.90 Å². The number of rotatable bonds is 2. The first-order valence-corrected chi connectivity index (χ1v) is 10.4. The monoisotopic (exact) mass is 482 g/mol. The van der Waals surface area contributed by atoms with Crippen molar-refractivity contribution < 1.29 is 14.7 Å². The van der Waals surface area contributed by atoms with E-state index in [1.54, 1.807) is 29.8 Å². The summed E-state index contributed by atoms with van der Waals surface area (Å²) in [7, 11) is 1.78. The van der Waals surface area contributed by atoms with Crippen LogP contribution in [0.5, 0.6) is 0 Å². The summed E-state index contributed by atoms with van der Waals surface area (Å²) in [4.78, 5) is 31.0. The van der Waals surface area contributed by atoms with Gasteiger partial charge in [0.15, 0.2) is 5.82 Å². The van der Waals surface area contributed by atoms with Crippen LogP contribution >= 0.6 is 27.5 Å². The van der Waals surface area contributed by atoms with E-state index < -0.39 is 23.5 Å². The molecule has 156 valence electrons. The number of carbonyl (C=O) groups is 2. The Morgan fingerprint density at radius 1 is 1.34 bits per heavy atom. The standard InChI is InChI=1S/C20H24BrClN4O3/c1-10-9-13-15(16(20(2,3)4)26(10)19(28)29)24-17(25(13)5)18(27)23-12-8-6-7-11(21)14(12)22/h6-8,10,16H,9H2,1-5H3,(H,23,27)(H,28,29). The SMILES string of the molecule is CC1Cc2c(nc(C(=O)Nc3cccc(Br)c3Cl)n2C)C(C(C)(C)C)N1C(=O)O. The van der Waals surface area contributed by atoms with Crippen molar-refractivity contribution >= 4 is 45.2 Å². The normalized spacial score (nSPS) is 19.1. The van der Waals surface area contributed by atoms with Crippen LogP contribution in [0, 0.1) is 5.41 Å². The molecule has 2 amide bonds. The molecule has 0 saturated carbocycles. The van der Waals surface area contributed by atoms with Crippen LogP contribution in [0.1, 0.15) is 55.7 Å². The first-order valence-electron chi connectivity index (χ1n) is 9.25. The summed E-state index contributed by atoms with van der Waals surface area (Å²) in [6, 6.07) is 4.58. The zero-order chi connectivity index (χ0) is 21.7. The fourth-order valence-corrected chi connectivity index (χ4v) is 4.43. The van der Waals surface area contributed by atoms with Gasteiger partial charge in [0, 0.05) is 29.7 Å². The Bertz CT molecular complexity index is 983. The van der Waals surface area contributed by atoms with Gasteiger partial charge in [0.25, 0.3) is 5.91 Å². The number of fused-ring (bicyclic) bond motifs is 1. The average Bonchev–Trinajstić information content (AvgIpc) is 2.93. The van der Waals surface area contributed by atoms with E-state index in [1.807, 2.05) is 27.7 Å². The van der Waals surface area contributed by atoms with E-state index in [2.05, 4.69) is 26.2 Å². The highest BCUT2D eigenvalue weighted by molar-refractivity contribution is 9.10. The number of halogens is 2. The predicted molar refractivity (Wildman–Crippen MR) is 116 cm³/mol. The zero-order valence-electron chi connectivity index (χ0n) is 17.0. The van der Waals surface area contributed by atoms with Gasteiger partial charge in [0.05, 0.1) is 22.4 Å². The first kappa shape index (κ1) is 21.6. The van der Waals surface area contributed by atoms with Gasteiger partial charge in [-0.2, -0.15) is 0 Å². The Balaban J connectivity index is 2.05. The maximum Gasteiger partial charge on any atom is 0.408 e. The topological polar surface area (TPSA) is 87.5 Å². The van der Waals surface area contributed by atoms with Gasteiger partial charge in [-0.25, -0.2) is 9.78 Å². The molecule has 2 unspecified atom stereocenters. The number of hydrogen-bond donors (Lipinski definition) is 2. The van der Waals surface area contributed by atoms with Crippen molar-refractivity contribution in [3.63, 3.8) is 0 Å². The highest BCUT2D eigenvalue weighted by Crippen LogP contribution is 2.44. The van der Waals surface area contributed by atoms with E-state index in [-0.39, 0.29) is 11.9 Å². The maximum atomic E-state index is 13.0. The number of carboxylic acid groups (broad SMARTS) is 1. The molecule has 0 saturated heterocycles. The minimum absolute atomic E-state index is 0.222. The number of hydrogen-bond acceptors (Lipinski definition) is 3. The molecule has 0 bridgehead atoms. The van der Waals surface area contributed by atoms with Crippen LogP contribution in [0.2, 0.25) is 5.02 Å². The fourth-order valence-electron chi connectivity index (χ4n) is 3.89. The van der Waals surface area contributed by atoms with Crippen LogP contribution in [-0.2, 0) is 13.5 Å². The quantitative estimate of drug-likeness (QED) is 0.622. The smallest absolute Gasteiger partial charge is 0.408 e. The van der Waals surface area contributed by atoms with Crippen molar-refractivity contribution in [2.24, 2.45) is 12.5 Å². The van der Waals surface area contributed by atoms with E-state index in [4.69, 9.17) is 11.6 Å². The third kappa shape index (κ3) is 3.88. The summed E-state index contributed by atoms with van der Waals surface area (Å²) >= 11 is 9.61. The third-order valence-electron chi connectivity index (χ3n) is 5.19. The van der Waals surface area contributed by atoms with Crippen LogP contribution in [0.15, 0.2) is 22.7 Å². The van der Waals surface area contributed by atoms with Gasteiger partial charge in [-0.1, -0.05) is 38.4 Å². The van der Waals surface area contributed by atoms with Crippen molar-refractivity contribution in [3.8, 4) is 0 Å². The molecule has 0 aliphatic carbocycles. The summed E-state index contributed by atoms with van der Waals surface area (Å²) in [6.45, 7) is 7.81. The highest BCUT2D eigenvalue weighted by atomic mass is 79.9. The molecule has 29 heavy (non-hydrogen) atoms. The van der Waals surface area contributed by atoms with Crippen molar-refractivity contribution in [2.45, 2.75) is 46.2 Å². The minimum atomic E-state index is -0.986. The molecule has 1 aliphatic rings. The number of nitrogens with zero attached hydrogens (tertiary/aromatic N) is 3. The number of carbonyl (C=O) groups excluding carboxylic acids is 1. The predicted octanol–water partition coefficient (Wildman–Crippen LogP) is 5.10. The molecule has 2 aromatic rings. The number of amides is 2. The highest BCUT2D eigenvalue weighted by Gasteiger charge is 2.45. The van der Waals surface area contributed by atoms with Crippen molar-refractivity contribution in [3.05, 3.63) is 44.9 Å². The van der Waals surface area contributed by atoms with Crippen LogP contribution in [0.4, 0.5) is 10.5 Å². The van der Waals surface area contributed by atoms with E-state index >= 15 is 0 Å². The summed E-state index contributed by atoms with van der Waals surface area (Å²) < 4.78 is 2.43. The molecule has 9 heteroatoms. The fraction of sp³-hybridized carbons (Fsp3) is 0.450. The van der Waals surface area contributed by atoms with Crippen LogP contribution in [0.3, 0.4) is 0 Å². The van der Waals surface area contributed by atoms with Crippen LogP contribution in [-0.4, -0.2) is 37.6 Å². The lowest BCUT2D eigenvalue weighted by Crippen LogP contribution is -2.49. The van der Waals surface area contributed by atoms with Gasteiger partial charge < -0.3 is 15.0 Å². The number of anilines is 1. The Hall–Kier alpha value is -2.06. The van der Waals surface area contributed by atoms with Gasteiger partial charge in [-0.3, -0.25) is 9.69 Å². The lowest BCUT2D eigenvalue weighted by molar-refractivity contribution is 0.0472. The second-order valence-electron chi connectivity index (χ2n) is 8.39. The number of benzene rings is 1. The molecule has 2 heterocycles. The number of nitrogens with one attached hydrogen (secondary N) is 1. The Morgan fingerprint density at radius 3 is 2.59 bits per heavy atom. The van der Waals surface area contributed by atoms with Gasteiger partial charge in [-0.15, -0.1) is 0 Å². The zero-order valence-corrected chi connectivity index (χ0v) is 19.3.